The Kier molecular flexibility index (Phi) is 5.44. The summed E-state index contributed by atoms with van der Waals surface area (Å²) in [5.74, 6) is -2.12. The van der Waals surface area contributed by atoms with Crippen molar-refractivity contribution in [1.29, 1.82) is 0 Å². The number of carboxylic acids is 1. The zero-order chi connectivity index (χ0) is 14.4. The second-order valence-electron chi connectivity index (χ2n) is 4.11. The first kappa shape index (κ1) is 15.1. The predicted octanol–water partition coefficient (Wildman–Crippen LogP) is 1.35. The number of amides is 1. The highest BCUT2D eigenvalue weighted by atomic mass is 19.1. The van der Waals surface area contributed by atoms with Gasteiger partial charge in [0.15, 0.2) is 0 Å². The number of carboxylic acid groups (broad SMARTS) is 1. The molecular weight excluding hydrogens is 253 g/mol. The van der Waals surface area contributed by atoms with Crippen LogP contribution >= 0.6 is 0 Å². The summed E-state index contributed by atoms with van der Waals surface area (Å²) in [4.78, 5) is 22.9. The number of aryl methyl sites for hydroxylation is 1. The Labute approximate surface area is 110 Å². The number of halogens is 1. The molecule has 0 saturated heterocycles. The van der Waals surface area contributed by atoms with Gasteiger partial charge < -0.3 is 15.2 Å². The minimum Gasteiger partial charge on any atom is -0.480 e. The zero-order valence-electron chi connectivity index (χ0n) is 10.8. The van der Waals surface area contributed by atoms with Crippen molar-refractivity contribution in [2.24, 2.45) is 0 Å². The number of carbonyl (C=O) groups excluding carboxylic acids is 1. The summed E-state index contributed by atoms with van der Waals surface area (Å²) in [5.41, 5.74) is 0.707. The lowest BCUT2D eigenvalue weighted by atomic mass is 10.1. The van der Waals surface area contributed by atoms with Crippen LogP contribution in [-0.4, -0.2) is 36.7 Å². The van der Waals surface area contributed by atoms with Crippen LogP contribution in [0.25, 0.3) is 0 Å². The van der Waals surface area contributed by atoms with E-state index < -0.39 is 23.7 Å². The molecule has 104 valence electrons. The van der Waals surface area contributed by atoms with Crippen molar-refractivity contribution in [1.82, 2.24) is 5.32 Å². The molecule has 0 aromatic heterocycles. The van der Waals surface area contributed by atoms with Gasteiger partial charge in [-0.05, 0) is 30.7 Å². The van der Waals surface area contributed by atoms with Crippen molar-refractivity contribution in [3.8, 4) is 0 Å². The van der Waals surface area contributed by atoms with Crippen LogP contribution in [0, 0.1) is 12.7 Å². The number of benzene rings is 1. The first-order chi connectivity index (χ1) is 8.95. The van der Waals surface area contributed by atoms with Crippen LogP contribution in [0.15, 0.2) is 18.2 Å². The van der Waals surface area contributed by atoms with Crippen LogP contribution in [0.4, 0.5) is 4.39 Å². The molecule has 1 atom stereocenters. The van der Waals surface area contributed by atoms with Crippen LogP contribution < -0.4 is 5.32 Å². The third kappa shape index (κ3) is 4.33. The Morgan fingerprint density at radius 1 is 1.47 bits per heavy atom. The second-order valence-corrected chi connectivity index (χ2v) is 4.11. The number of rotatable bonds is 6. The Hall–Kier alpha value is -1.95. The standard InChI is InChI=1S/C13H16FNO4/c1-8-7-9(14)3-4-10(8)12(16)15-11(13(17)18)5-6-19-2/h3-4,7,11H,5-6H2,1-2H3,(H,15,16)(H,17,18). The number of ether oxygens (including phenoxy) is 1. The highest BCUT2D eigenvalue weighted by Gasteiger charge is 2.21. The van der Waals surface area contributed by atoms with E-state index in [9.17, 15) is 14.0 Å². The van der Waals surface area contributed by atoms with Crippen LogP contribution in [0.5, 0.6) is 0 Å². The van der Waals surface area contributed by atoms with E-state index in [1.165, 1.54) is 19.2 Å². The summed E-state index contributed by atoms with van der Waals surface area (Å²) in [6.07, 6.45) is 0.164. The van der Waals surface area contributed by atoms with Gasteiger partial charge in [-0.1, -0.05) is 0 Å². The molecule has 1 aromatic carbocycles. The van der Waals surface area contributed by atoms with Crippen molar-refractivity contribution < 1.29 is 23.8 Å². The SMILES string of the molecule is COCCC(NC(=O)c1ccc(F)cc1C)C(=O)O. The Morgan fingerprint density at radius 3 is 2.68 bits per heavy atom. The third-order valence-corrected chi connectivity index (χ3v) is 2.65. The molecule has 0 saturated carbocycles. The van der Waals surface area contributed by atoms with Gasteiger partial charge in [0.2, 0.25) is 0 Å². The molecule has 1 unspecified atom stereocenters. The third-order valence-electron chi connectivity index (χ3n) is 2.65. The van der Waals surface area contributed by atoms with E-state index in [0.29, 0.717) is 5.56 Å². The topological polar surface area (TPSA) is 75.6 Å². The van der Waals surface area contributed by atoms with E-state index in [2.05, 4.69) is 5.32 Å². The van der Waals surface area contributed by atoms with Crippen molar-refractivity contribution in [3.63, 3.8) is 0 Å². The molecule has 1 amide bonds. The molecule has 0 heterocycles. The fourth-order valence-corrected chi connectivity index (χ4v) is 1.61. The van der Waals surface area contributed by atoms with E-state index in [1.807, 2.05) is 0 Å². The number of carbonyl (C=O) groups is 2. The molecule has 2 N–H and O–H groups in total. The normalized spacial score (nSPS) is 11.9. The number of aliphatic carboxylic acids is 1. The lowest BCUT2D eigenvalue weighted by molar-refractivity contribution is -0.139. The van der Waals surface area contributed by atoms with E-state index in [0.717, 1.165) is 6.07 Å². The lowest BCUT2D eigenvalue weighted by Gasteiger charge is -2.15. The lowest BCUT2D eigenvalue weighted by Crippen LogP contribution is -2.41. The van der Waals surface area contributed by atoms with Gasteiger partial charge >= 0.3 is 5.97 Å². The maximum absolute atomic E-state index is 12.9. The van der Waals surface area contributed by atoms with Crippen molar-refractivity contribution in [2.75, 3.05) is 13.7 Å². The molecule has 0 aliphatic carbocycles. The second kappa shape index (κ2) is 6.84. The summed E-state index contributed by atoms with van der Waals surface area (Å²) in [5, 5.41) is 11.4. The highest BCUT2D eigenvalue weighted by Crippen LogP contribution is 2.10. The molecule has 5 nitrogen and oxygen atoms in total. The predicted molar refractivity (Wildman–Crippen MR) is 66.5 cm³/mol. The van der Waals surface area contributed by atoms with Gasteiger partial charge in [-0.15, -0.1) is 0 Å². The summed E-state index contributed by atoms with van der Waals surface area (Å²) in [7, 11) is 1.45. The van der Waals surface area contributed by atoms with Gasteiger partial charge in [0.05, 0.1) is 0 Å². The minimum atomic E-state index is -1.13. The summed E-state index contributed by atoms with van der Waals surface area (Å²) < 4.78 is 17.7. The summed E-state index contributed by atoms with van der Waals surface area (Å²) in [6, 6.07) is 2.68. The van der Waals surface area contributed by atoms with Crippen LogP contribution in [0.3, 0.4) is 0 Å². The van der Waals surface area contributed by atoms with E-state index in [-0.39, 0.29) is 18.6 Å². The van der Waals surface area contributed by atoms with Gasteiger partial charge in [0, 0.05) is 25.7 Å². The van der Waals surface area contributed by atoms with Gasteiger partial charge in [0.25, 0.3) is 5.91 Å². The van der Waals surface area contributed by atoms with E-state index >= 15 is 0 Å². The molecular formula is C13H16FNO4. The van der Waals surface area contributed by atoms with Crippen molar-refractivity contribution in [2.45, 2.75) is 19.4 Å². The molecule has 19 heavy (non-hydrogen) atoms. The Morgan fingerprint density at radius 2 is 2.16 bits per heavy atom. The summed E-state index contributed by atoms with van der Waals surface area (Å²) in [6.45, 7) is 1.81. The Bertz CT molecular complexity index is 476. The molecule has 0 fully saturated rings. The maximum Gasteiger partial charge on any atom is 0.326 e. The van der Waals surface area contributed by atoms with Crippen LogP contribution in [0.1, 0.15) is 22.3 Å². The largest absolute Gasteiger partial charge is 0.480 e. The molecule has 6 heteroatoms. The van der Waals surface area contributed by atoms with Crippen LogP contribution in [0.2, 0.25) is 0 Å². The molecule has 1 rings (SSSR count). The molecule has 0 aliphatic rings. The van der Waals surface area contributed by atoms with Gasteiger partial charge in [0.1, 0.15) is 11.9 Å². The summed E-state index contributed by atoms with van der Waals surface area (Å²) >= 11 is 0. The average Bonchev–Trinajstić information content (AvgIpc) is 2.33. The van der Waals surface area contributed by atoms with Crippen LogP contribution in [-0.2, 0) is 9.53 Å². The fraction of sp³-hybridized carbons (Fsp3) is 0.385. The minimum absolute atomic E-state index is 0.164. The smallest absolute Gasteiger partial charge is 0.326 e. The monoisotopic (exact) mass is 269 g/mol. The van der Waals surface area contributed by atoms with Gasteiger partial charge in [-0.25, -0.2) is 9.18 Å². The molecule has 0 radical (unpaired) electrons. The number of nitrogens with one attached hydrogen (secondary N) is 1. The first-order valence-corrected chi connectivity index (χ1v) is 5.74. The zero-order valence-corrected chi connectivity index (χ0v) is 10.8. The van der Waals surface area contributed by atoms with E-state index in [1.54, 1.807) is 6.92 Å². The first-order valence-electron chi connectivity index (χ1n) is 5.74. The molecule has 0 spiro atoms. The van der Waals surface area contributed by atoms with Crippen molar-refractivity contribution >= 4 is 11.9 Å². The number of hydrogen-bond acceptors (Lipinski definition) is 3. The molecule has 1 aromatic rings. The van der Waals surface area contributed by atoms with E-state index in [4.69, 9.17) is 9.84 Å². The molecule has 0 bridgehead atoms. The fourth-order valence-electron chi connectivity index (χ4n) is 1.61. The molecule has 0 aliphatic heterocycles. The average molecular weight is 269 g/mol. The maximum atomic E-state index is 12.9. The van der Waals surface area contributed by atoms with Gasteiger partial charge in [-0.2, -0.15) is 0 Å². The van der Waals surface area contributed by atoms with Crippen molar-refractivity contribution in [3.05, 3.63) is 35.1 Å². The van der Waals surface area contributed by atoms with Gasteiger partial charge in [-0.3, -0.25) is 4.79 Å². The number of methoxy groups -OCH3 is 1. The highest BCUT2D eigenvalue weighted by molar-refractivity contribution is 5.97. The quantitative estimate of drug-likeness (QED) is 0.817. The Balaban J connectivity index is 2.78. The number of hydrogen-bond donors (Lipinski definition) is 2.